The Kier molecular flexibility index (Phi) is 2.98. The van der Waals surface area contributed by atoms with E-state index in [-0.39, 0.29) is 5.69 Å². The summed E-state index contributed by atoms with van der Waals surface area (Å²) >= 11 is 0. The molecule has 20 heavy (non-hydrogen) atoms. The van der Waals surface area contributed by atoms with E-state index < -0.39 is 15.5 Å². The van der Waals surface area contributed by atoms with Crippen molar-refractivity contribution in [2.45, 2.75) is 24.4 Å². The molecular formula is C12H13F3N2O2S. The second-order valence-electron chi connectivity index (χ2n) is 5.16. The molecule has 4 nitrogen and oxygen atoms in total. The molecule has 0 unspecified atom stereocenters. The van der Waals surface area contributed by atoms with Gasteiger partial charge in [0, 0.05) is 6.54 Å². The van der Waals surface area contributed by atoms with Crippen LogP contribution < -0.4 is 10.0 Å². The minimum atomic E-state index is -5.38. The van der Waals surface area contributed by atoms with Crippen molar-refractivity contribution in [1.29, 1.82) is 0 Å². The van der Waals surface area contributed by atoms with Crippen LogP contribution in [0.2, 0.25) is 0 Å². The molecule has 0 saturated heterocycles. The summed E-state index contributed by atoms with van der Waals surface area (Å²) in [6.45, 7) is 1.18. The fourth-order valence-electron chi connectivity index (χ4n) is 2.68. The van der Waals surface area contributed by atoms with Gasteiger partial charge in [0.05, 0.1) is 5.69 Å². The summed E-state index contributed by atoms with van der Waals surface area (Å²) in [5.41, 5.74) is -3.73. The van der Waals surface area contributed by atoms with Gasteiger partial charge in [-0.05, 0) is 42.0 Å². The highest BCUT2D eigenvalue weighted by Crippen LogP contribution is 2.50. The van der Waals surface area contributed by atoms with E-state index in [1.807, 2.05) is 6.07 Å². The van der Waals surface area contributed by atoms with Crippen LogP contribution in [0.15, 0.2) is 18.2 Å². The molecule has 0 bridgehead atoms. The Balaban J connectivity index is 1.98. The quantitative estimate of drug-likeness (QED) is 0.880. The number of halogens is 3. The number of benzene rings is 1. The summed E-state index contributed by atoms with van der Waals surface area (Å²) < 4.78 is 61.5. The molecule has 1 heterocycles. The molecule has 1 aromatic rings. The summed E-state index contributed by atoms with van der Waals surface area (Å²) in [6.07, 6.45) is 0.996. The van der Waals surface area contributed by atoms with Gasteiger partial charge >= 0.3 is 15.5 Å². The molecule has 8 heteroatoms. The Labute approximate surface area is 114 Å². The van der Waals surface area contributed by atoms with Crippen molar-refractivity contribution < 1.29 is 21.6 Å². The lowest BCUT2D eigenvalue weighted by molar-refractivity contribution is -0.0429. The molecule has 1 fully saturated rings. The standard InChI is InChI=1S/C12H13F3N2O2S/c13-12(14,15)20(18,19)17-11-3-1-2-8-9-4-7(9)5-16-6-10(8)11/h1-3,7,9,16-17H,4-6H2/t7-,9-/m0/s1. The molecular weight excluding hydrogens is 293 g/mol. The molecule has 2 aliphatic rings. The third kappa shape index (κ3) is 2.26. The van der Waals surface area contributed by atoms with Crippen LogP contribution in [0.5, 0.6) is 0 Å². The Morgan fingerprint density at radius 2 is 2.05 bits per heavy atom. The monoisotopic (exact) mass is 306 g/mol. The number of nitrogens with one attached hydrogen (secondary N) is 2. The molecule has 0 spiro atoms. The van der Waals surface area contributed by atoms with Gasteiger partial charge in [0.2, 0.25) is 0 Å². The fraction of sp³-hybridized carbons (Fsp3) is 0.500. The van der Waals surface area contributed by atoms with Gasteiger partial charge in [-0.2, -0.15) is 21.6 Å². The van der Waals surface area contributed by atoms with E-state index in [0.29, 0.717) is 23.9 Å². The van der Waals surface area contributed by atoms with E-state index in [1.54, 1.807) is 10.8 Å². The van der Waals surface area contributed by atoms with Gasteiger partial charge < -0.3 is 5.32 Å². The summed E-state index contributed by atoms with van der Waals surface area (Å²) in [6, 6.07) is 4.82. The lowest BCUT2D eigenvalue weighted by Crippen LogP contribution is -2.30. The number of hydrogen-bond acceptors (Lipinski definition) is 3. The number of alkyl halides is 3. The molecule has 1 aliphatic heterocycles. The molecule has 2 N–H and O–H groups in total. The van der Waals surface area contributed by atoms with Gasteiger partial charge in [-0.25, -0.2) is 0 Å². The third-order valence-corrected chi connectivity index (χ3v) is 4.89. The number of rotatable bonds is 2. The van der Waals surface area contributed by atoms with Crippen LogP contribution in [-0.4, -0.2) is 20.5 Å². The second kappa shape index (κ2) is 4.36. The van der Waals surface area contributed by atoms with Gasteiger partial charge in [0.15, 0.2) is 0 Å². The van der Waals surface area contributed by atoms with Crippen LogP contribution in [-0.2, 0) is 16.6 Å². The van der Waals surface area contributed by atoms with Crippen molar-refractivity contribution in [2.24, 2.45) is 5.92 Å². The Hall–Kier alpha value is -1.28. The fourth-order valence-corrected chi connectivity index (χ4v) is 3.28. The van der Waals surface area contributed by atoms with Crippen LogP contribution >= 0.6 is 0 Å². The Morgan fingerprint density at radius 3 is 2.75 bits per heavy atom. The maximum absolute atomic E-state index is 12.5. The lowest BCUT2D eigenvalue weighted by Gasteiger charge is -2.16. The van der Waals surface area contributed by atoms with Crippen LogP contribution in [0.4, 0.5) is 18.9 Å². The summed E-state index contributed by atoms with van der Waals surface area (Å²) in [4.78, 5) is 0. The first kappa shape index (κ1) is 13.7. The second-order valence-corrected chi connectivity index (χ2v) is 6.83. The van der Waals surface area contributed by atoms with E-state index in [2.05, 4.69) is 5.32 Å². The molecule has 0 aromatic heterocycles. The highest BCUT2D eigenvalue weighted by atomic mass is 32.2. The summed E-state index contributed by atoms with van der Waals surface area (Å²) in [5.74, 6) is 0.834. The van der Waals surface area contributed by atoms with Gasteiger partial charge in [-0.15, -0.1) is 0 Å². The molecule has 1 aromatic carbocycles. The molecule has 2 atom stereocenters. The maximum atomic E-state index is 12.5. The van der Waals surface area contributed by atoms with E-state index >= 15 is 0 Å². The minimum Gasteiger partial charge on any atom is -0.312 e. The summed E-state index contributed by atoms with van der Waals surface area (Å²) in [7, 11) is -5.38. The predicted molar refractivity (Wildman–Crippen MR) is 67.6 cm³/mol. The van der Waals surface area contributed by atoms with E-state index in [1.165, 1.54) is 6.07 Å². The first-order chi connectivity index (χ1) is 9.29. The van der Waals surface area contributed by atoms with Crippen molar-refractivity contribution in [3.05, 3.63) is 29.3 Å². The first-order valence-electron chi connectivity index (χ1n) is 6.21. The number of fused-ring (bicyclic) bond motifs is 3. The largest absolute Gasteiger partial charge is 0.516 e. The topological polar surface area (TPSA) is 58.2 Å². The minimum absolute atomic E-state index is 0.0138. The molecule has 3 rings (SSSR count). The smallest absolute Gasteiger partial charge is 0.312 e. The van der Waals surface area contributed by atoms with Gasteiger partial charge in [0.25, 0.3) is 0 Å². The van der Waals surface area contributed by atoms with Gasteiger partial charge in [-0.1, -0.05) is 12.1 Å². The Morgan fingerprint density at radius 1 is 1.30 bits per heavy atom. The van der Waals surface area contributed by atoms with Crippen LogP contribution in [0.25, 0.3) is 0 Å². The van der Waals surface area contributed by atoms with E-state index in [4.69, 9.17) is 0 Å². The highest BCUT2D eigenvalue weighted by molar-refractivity contribution is 7.93. The third-order valence-electron chi connectivity index (χ3n) is 3.79. The zero-order valence-corrected chi connectivity index (χ0v) is 11.2. The van der Waals surface area contributed by atoms with Crippen molar-refractivity contribution >= 4 is 15.7 Å². The maximum Gasteiger partial charge on any atom is 0.516 e. The van der Waals surface area contributed by atoms with Gasteiger partial charge in [0.1, 0.15) is 0 Å². The van der Waals surface area contributed by atoms with Crippen molar-refractivity contribution in [3.63, 3.8) is 0 Å². The molecule has 1 saturated carbocycles. The average Bonchev–Trinajstić information content (AvgIpc) is 3.07. The molecule has 0 radical (unpaired) electrons. The van der Waals surface area contributed by atoms with Crippen LogP contribution in [0.1, 0.15) is 23.5 Å². The summed E-state index contributed by atoms with van der Waals surface area (Å²) in [5, 5.41) is 3.14. The predicted octanol–water partition coefficient (Wildman–Crippen LogP) is 2.15. The SMILES string of the molecule is O=S(=O)(Nc1cccc2c1CNC[C@@H]1C[C@H]21)C(F)(F)F. The average molecular weight is 306 g/mol. The van der Waals surface area contributed by atoms with Crippen molar-refractivity contribution in [3.8, 4) is 0 Å². The van der Waals surface area contributed by atoms with E-state index in [0.717, 1.165) is 18.5 Å². The number of anilines is 1. The van der Waals surface area contributed by atoms with Crippen molar-refractivity contribution in [2.75, 3.05) is 11.3 Å². The number of hydrogen-bond donors (Lipinski definition) is 2. The first-order valence-corrected chi connectivity index (χ1v) is 7.69. The normalized spacial score (nSPS) is 25.4. The van der Waals surface area contributed by atoms with Crippen molar-refractivity contribution in [1.82, 2.24) is 5.32 Å². The van der Waals surface area contributed by atoms with Gasteiger partial charge in [-0.3, -0.25) is 4.72 Å². The molecule has 1 aliphatic carbocycles. The van der Waals surface area contributed by atoms with Crippen LogP contribution in [0, 0.1) is 5.92 Å². The molecule has 110 valence electrons. The Bertz CT molecular complexity index is 643. The zero-order chi connectivity index (χ0) is 14.5. The molecule has 0 amide bonds. The van der Waals surface area contributed by atoms with Crippen LogP contribution in [0.3, 0.4) is 0 Å². The zero-order valence-electron chi connectivity index (χ0n) is 10.4. The van der Waals surface area contributed by atoms with E-state index in [9.17, 15) is 21.6 Å². The highest BCUT2D eigenvalue weighted by Gasteiger charge is 2.47. The lowest BCUT2D eigenvalue weighted by atomic mass is 10.0. The number of sulfonamides is 1.